The van der Waals surface area contributed by atoms with Gasteiger partial charge in [-0.3, -0.25) is 9.69 Å². The van der Waals surface area contributed by atoms with E-state index in [1.165, 1.54) is 6.42 Å². The quantitative estimate of drug-likeness (QED) is 0.794. The van der Waals surface area contributed by atoms with Crippen LogP contribution in [-0.4, -0.2) is 36.5 Å². The van der Waals surface area contributed by atoms with E-state index < -0.39 is 0 Å². The highest BCUT2D eigenvalue weighted by Gasteiger charge is 2.28. The maximum Gasteiger partial charge on any atom is 0.237 e. The van der Waals surface area contributed by atoms with Crippen molar-refractivity contribution in [2.24, 2.45) is 11.8 Å². The SMILES string of the molecule is CCCNC(=O)[C@@H](C)N1C[C@H](C)C[C@H](C)C1. The number of amides is 1. The molecule has 0 unspecified atom stereocenters. The number of carbonyl (C=O) groups is 1. The number of rotatable bonds is 4. The Balaban J connectivity index is 2.45. The van der Waals surface area contributed by atoms with E-state index in [9.17, 15) is 4.79 Å². The molecule has 3 heteroatoms. The summed E-state index contributed by atoms with van der Waals surface area (Å²) in [5, 5.41) is 2.98. The molecule has 1 saturated heterocycles. The highest BCUT2D eigenvalue weighted by atomic mass is 16.2. The molecule has 0 aromatic heterocycles. The molecule has 0 aliphatic carbocycles. The molecule has 3 atom stereocenters. The summed E-state index contributed by atoms with van der Waals surface area (Å²) in [4.78, 5) is 14.2. The lowest BCUT2D eigenvalue weighted by molar-refractivity contribution is -0.126. The van der Waals surface area contributed by atoms with Crippen LogP contribution >= 0.6 is 0 Å². The van der Waals surface area contributed by atoms with Gasteiger partial charge in [0.1, 0.15) is 0 Å². The summed E-state index contributed by atoms with van der Waals surface area (Å²) in [6.45, 7) is 11.6. The molecular weight excluding hydrogens is 200 g/mol. The Bertz CT molecular complexity index is 220. The zero-order valence-corrected chi connectivity index (χ0v) is 11.1. The van der Waals surface area contributed by atoms with Crippen molar-refractivity contribution in [1.29, 1.82) is 0 Å². The Labute approximate surface area is 99.6 Å². The first-order valence-electron chi connectivity index (χ1n) is 6.56. The molecule has 1 heterocycles. The molecule has 0 aromatic rings. The van der Waals surface area contributed by atoms with Gasteiger partial charge in [0.25, 0.3) is 0 Å². The van der Waals surface area contributed by atoms with E-state index in [0.717, 1.165) is 26.1 Å². The number of nitrogens with zero attached hydrogens (tertiary/aromatic N) is 1. The van der Waals surface area contributed by atoms with E-state index in [1.54, 1.807) is 0 Å². The van der Waals surface area contributed by atoms with Gasteiger partial charge in [-0.05, 0) is 31.6 Å². The Morgan fingerprint density at radius 3 is 2.44 bits per heavy atom. The van der Waals surface area contributed by atoms with Crippen molar-refractivity contribution in [3.63, 3.8) is 0 Å². The van der Waals surface area contributed by atoms with Crippen LogP contribution in [0.1, 0.15) is 40.5 Å². The number of nitrogens with one attached hydrogen (secondary N) is 1. The Hall–Kier alpha value is -0.570. The fraction of sp³-hybridized carbons (Fsp3) is 0.923. The lowest BCUT2D eigenvalue weighted by atomic mass is 9.91. The van der Waals surface area contributed by atoms with Crippen molar-refractivity contribution in [2.75, 3.05) is 19.6 Å². The monoisotopic (exact) mass is 226 g/mol. The normalized spacial score (nSPS) is 28.8. The van der Waals surface area contributed by atoms with Gasteiger partial charge in [-0.15, -0.1) is 0 Å². The molecule has 1 aliphatic rings. The predicted molar refractivity (Wildman–Crippen MR) is 67.3 cm³/mol. The van der Waals surface area contributed by atoms with E-state index in [1.807, 2.05) is 6.92 Å². The number of piperidine rings is 1. The van der Waals surface area contributed by atoms with Crippen LogP contribution in [0.3, 0.4) is 0 Å². The third kappa shape index (κ3) is 3.78. The smallest absolute Gasteiger partial charge is 0.237 e. The molecule has 16 heavy (non-hydrogen) atoms. The van der Waals surface area contributed by atoms with Crippen molar-refractivity contribution in [2.45, 2.75) is 46.6 Å². The van der Waals surface area contributed by atoms with Crippen LogP contribution in [0.2, 0.25) is 0 Å². The summed E-state index contributed by atoms with van der Waals surface area (Å²) >= 11 is 0. The molecule has 0 aromatic carbocycles. The molecule has 0 spiro atoms. The summed E-state index contributed by atoms with van der Waals surface area (Å²) in [6, 6.07) is 0.0248. The molecule has 0 bridgehead atoms. The highest BCUT2D eigenvalue weighted by molar-refractivity contribution is 5.81. The van der Waals surface area contributed by atoms with Crippen molar-refractivity contribution < 1.29 is 4.79 Å². The molecule has 1 rings (SSSR count). The molecule has 0 saturated carbocycles. The number of likely N-dealkylation sites (tertiary alicyclic amines) is 1. The second-order valence-corrected chi connectivity index (χ2v) is 5.37. The first-order valence-corrected chi connectivity index (χ1v) is 6.56. The van der Waals surface area contributed by atoms with Crippen molar-refractivity contribution in [1.82, 2.24) is 10.2 Å². The van der Waals surface area contributed by atoms with Crippen LogP contribution in [0.15, 0.2) is 0 Å². The molecule has 1 fully saturated rings. The van der Waals surface area contributed by atoms with Crippen molar-refractivity contribution in [3.05, 3.63) is 0 Å². The van der Waals surface area contributed by atoms with Crippen molar-refractivity contribution in [3.8, 4) is 0 Å². The summed E-state index contributed by atoms with van der Waals surface area (Å²) < 4.78 is 0. The van der Waals surface area contributed by atoms with Crippen LogP contribution in [0.5, 0.6) is 0 Å². The molecular formula is C13H26N2O. The first kappa shape index (κ1) is 13.5. The fourth-order valence-electron chi connectivity index (χ4n) is 2.59. The topological polar surface area (TPSA) is 32.3 Å². The van der Waals surface area contributed by atoms with Crippen LogP contribution in [0.25, 0.3) is 0 Å². The van der Waals surface area contributed by atoms with Gasteiger partial charge in [-0.1, -0.05) is 20.8 Å². The summed E-state index contributed by atoms with van der Waals surface area (Å²) in [7, 11) is 0. The Kier molecular flexibility index (Phi) is 5.26. The van der Waals surface area contributed by atoms with E-state index >= 15 is 0 Å². The second kappa shape index (κ2) is 6.24. The largest absolute Gasteiger partial charge is 0.355 e. The van der Waals surface area contributed by atoms with Gasteiger partial charge in [0.15, 0.2) is 0 Å². The van der Waals surface area contributed by atoms with Gasteiger partial charge in [-0.2, -0.15) is 0 Å². The van der Waals surface area contributed by atoms with E-state index in [4.69, 9.17) is 0 Å². The highest BCUT2D eigenvalue weighted by Crippen LogP contribution is 2.22. The second-order valence-electron chi connectivity index (χ2n) is 5.37. The lowest BCUT2D eigenvalue weighted by Crippen LogP contribution is -2.50. The molecule has 0 radical (unpaired) electrons. The Morgan fingerprint density at radius 1 is 1.38 bits per heavy atom. The maximum atomic E-state index is 11.9. The minimum Gasteiger partial charge on any atom is -0.355 e. The molecule has 1 amide bonds. The third-order valence-electron chi connectivity index (χ3n) is 3.37. The minimum absolute atomic E-state index is 0.0248. The number of hydrogen-bond acceptors (Lipinski definition) is 2. The van der Waals surface area contributed by atoms with E-state index in [-0.39, 0.29) is 11.9 Å². The van der Waals surface area contributed by atoms with E-state index in [2.05, 4.69) is 31.0 Å². The van der Waals surface area contributed by atoms with Crippen LogP contribution < -0.4 is 5.32 Å². The van der Waals surface area contributed by atoms with Gasteiger partial charge in [-0.25, -0.2) is 0 Å². The van der Waals surface area contributed by atoms with E-state index in [0.29, 0.717) is 11.8 Å². The van der Waals surface area contributed by atoms with Crippen LogP contribution in [0.4, 0.5) is 0 Å². The fourth-order valence-corrected chi connectivity index (χ4v) is 2.59. The van der Waals surface area contributed by atoms with Gasteiger partial charge in [0, 0.05) is 19.6 Å². The standard InChI is InChI=1S/C13H26N2O/c1-5-6-14-13(16)12(4)15-8-10(2)7-11(3)9-15/h10-12H,5-9H2,1-4H3,(H,14,16)/t10-,11+,12-/m1/s1. The third-order valence-corrected chi connectivity index (χ3v) is 3.37. The van der Waals surface area contributed by atoms with Gasteiger partial charge >= 0.3 is 0 Å². The molecule has 3 nitrogen and oxygen atoms in total. The van der Waals surface area contributed by atoms with Gasteiger partial charge < -0.3 is 5.32 Å². The number of carbonyl (C=O) groups excluding carboxylic acids is 1. The molecule has 1 N–H and O–H groups in total. The summed E-state index contributed by atoms with van der Waals surface area (Å²) in [5.74, 6) is 1.61. The molecule has 94 valence electrons. The van der Waals surface area contributed by atoms with Gasteiger partial charge in [0.05, 0.1) is 6.04 Å². The number of hydrogen-bond donors (Lipinski definition) is 1. The zero-order chi connectivity index (χ0) is 12.1. The average Bonchev–Trinajstić information content (AvgIpc) is 2.23. The predicted octanol–water partition coefficient (Wildman–Crippen LogP) is 1.88. The Morgan fingerprint density at radius 2 is 1.94 bits per heavy atom. The average molecular weight is 226 g/mol. The summed E-state index contributed by atoms with van der Waals surface area (Å²) in [5.41, 5.74) is 0. The minimum atomic E-state index is 0.0248. The first-order chi connectivity index (χ1) is 7.54. The zero-order valence-electron chi connectivity index (χ0n) is 11.1. The molecule has 1 aliphatic heterocycles. The van der Waals surface area contributed by atoms with Crippen LogP contribution in [0, 0.1) is 11.8 Å². The maximum absolute atomic E-state index is 11.9. The summed E-state index contributed by atoms with van der Waals surface area (Å²) in [6.07, 6.45) is 2.30. The van der Waals surface area contributed by atoms with Gasteiger partial charge in [0.2, 0.25) is 5.91 Å². The lowest BCUT2D eigenvalue weighted by Gasteiger charge is -2.38. The van der Waals surface area contributed by atoms with Crippen LogP contribution in [-0.2, 0) is 4.79 Å². The van der Waals surface area contributed by atoms with Crippen molar-refractivity contribution >= 4 is 5.91 Å².